The first kappa shape index (κ1) is 19.0. The van der Waals surface area contributed by atoms with Crippen LogP contribution in [0.1, 0.15) is 71.6 Å². The van der Waals surface area contributed by atoms with Gasteiger partial charge in [-0.1, -0.05) is 58.3 Å². The van der Waals surface area contributed by atoms with Crippen LogP contribution in [0.25, 0.3) is 0 Å². The van der Waals surface area contributed by atoms with Gasteiger partial charge in [-0.3, -0.25) is 0 Å². The topological polar surface area (TPSA) is 9.23 Å². The molecule has 1 unspecified atom stereocenters. The highest BCUT2D eigenvalue weighted by Crippen LogP contribution is 2.29. The van der Waals surface area contributed by atoms with Crippen molar-refractivity contribution in [1.82, 2.24) is 0 Å². The molecule has 0 fully saturated rings. The minimum Gasteiger partial charge on any atom is -0.378 e. The minimum absolute atomic E-state index is 0.132. The molecule has 0 N–H and O–H groups in total. The van der Waals surface area contributed by atoms with E-state index in [9.17, 15) is 0 Å². The molecule has 0 aromatic carbocycles. The van der Waals surface area contributed by atoms with Crippen molar-refractivity contribution in [3.63, 3.8) is 0 Å². The first-order valence-corrected chi connectivity index (χ1v) is 12.3. The zero-order valence-corrected chi connectivity index (χ0v) is 15.0. The maximum Gasteiger partial charge on any atom is 0.369 e. The third-order valence-electron chi connectivity index (χ3n) is 3.05. The van der Waals surface area contributed by atoms with E-state index in [0.717, 1.165) is 12.8 Å². The van der Waals surface area contributed by atoms with Crippen molar-refractivity contribution < 1.29 is 4.74 Å². The number of rotatable bonds is 12. The molecule has 110 valence electrons. The fraction of sp³-hybridized carbons (Fsp3) is 1.00. The van der Waals surface area contributed by atoms with Gasteiger partial charge in [0.2, 0.25) is 0 Å². The Morgan fingerprint density at radius 3 is 1.78 bits per heavy atom. The lowest BCUT2D eigenvalue weighted by Gasteiger charge is -2.21. The van der Waals surface area contributed by atoms with Crippen molar-refractivity contribution in [2.24, 2.45) is 0 Å². The number of hydrogen-bond acceptors (Lipinski definition) is 1. The van der Waals surface area contributed by atoms with Gasteiger partial charge in [-0.05, 0) is 13.3 Å². The SMILES string of the molecule is CCCCCCCCCCC(OCC)[Si](Cl)(Cl)Cl. The lowest BCUT2D eigenvalue weighted by atomic mass is 10.1. The fourth-order valence-electron chi connectivity index (χ4n) is 2.01. The second-order valence-corrected chi connectivity index (χ2v) is 13.6. The van der Waals surface area contributed by atoms with Crippen molar-refractivity contribution in [2.75, 3.05) is 6.61 Å². The summed E-state index contributed by atoms with van der Waals surface area (Å²) in [5.41, 5.74) is -0.132. The lowest BCUT2D eigenvalue weighted by molar-refractivity contribution is 0.108. The van der Waals surface area contributed by atoms with Crippen LogP contribution in [0.15, 0.2) is 0 Å². The monoisotopic (exact) mass is 332 g/mol. The van der Waals surface area contributed by atoms with Crippen LogP contribution >= 0.6 is 33.2 Å². The molecule has 0 heterocycles. The molecule has 1 nitrogen and oxygen atoms in total. The molecular formula is C13H27Cl3OSi. The molecule has 0 amide bonds. The van der Waals surface area contributed by atoms with E-state index in [0.29, 0.717) is 6.61 Å². The summed E-state index contributed by atoms with van der Waals surface area (Å²) in [7, 11) is 0. The van der Waals surface area contributed by atoms with Crippen LogP contribution in [0.3, 0.4) is 0 Å². The second kappa shape index (κ2) is 11.8. The predicted octanol–water partition coefficient (Wildman–Crippen LogP) is 6.12. The van der Waals surface area contributed by atoms with Gasteiger partial charge < -0.3 is 4.74 Å². The maximum absolute atomic E-state index is 6.02. The summed E-state index contributed by atoms with van der Waals surface area (Å²) in [6.07, 6.45) is 11.3. The summed E-state index contributed by atoms with van der Waals surface area (Å²) in [6, 6.07) is -2.70. The fourth-order valence-corrected chi connectivity index (χ4v) is 4.44. The van der Waals surface area contributed by atoms with Gasteiger partial charge in [-0.2, -0.15) is 0 Å². The third-order valence-corrected chi connectivity index (χ3v) is 6.43. The van der Waals surface area contributed by atoms with Crippen LogP contribution in [-0.2, 0) is 4.74 Å². The molecular weight excluding hydrogens is 307 g/mol. The Kier molecular flexibility index (Phi) is 12.5. The Morgan fingerprint density at radius 2 is 1.33 bits per heavy atom. The normalized spacial score (nSPS) is 13.8. The maximum atomic E-state index is 6.02. The van der Waals surface area contributed by atoms with Crippen LogP contribution in [0.5, 0.6) is 0 Å². The number of unbranched alkanes of at least 4 members (excludes halogenated alkanes) is 7. The average Bonchev–Trinajstić information content (AvgIpc) is 2.30. The van der Waals surface area contributed by atoms with Crippen LogP contribution in [-0.4, -0.2) is 18.3 Å². The molecule has 0 bridgehead atoms. The quantitative estimate of drug-likeness (QED) is 0.237. The number of halogens is 3. The molecule has 0 aliphatic carbocycles. The summed E-state index contributed by atoms with van der Waals surface area (Å²) >= 11 is 18.1. The first-order valence-electron chi connectivity index (χ1n) is 7.20. The molecule has 0 radical (unpaired) electrons. The average molecular weight is 334 g/mol. The third kappa shape index (κ3) is 10.9. The van der Waals surface area contributed by atoms with Crippen LogP contribution in [0, 0.1) is 0 Å². The van der Waals surface area contributed by atoms with Gasteiger partial charge >= 0.3 is 6.00 Å². The van der Waals surface area contributed by atoms with E-state index in [2.05, 4.69) is 6.92 Å². The van der Waals surface area contributed by atoms with Crippen molar-refractivity contribution in [3.05, 3.63) is 0 Å². The Bertz CT molecular complexity index is 186. The van der Waals surface area contributed by atoms with E-state index in [1.807, 2.05) is 6.92 Å². The van der Waals surface area contributed by atoms with E-state index in [4.69, 9.17) is 38.0 Å². The van der Waals surface area contributed by atoms with Crippen LogP contribution < -0.4 is 0 Å². The molecule has 0 aromatic rings. The van der Waals surface area contributed by atoms with E-state index in [1.54, 1.807) is 0 Å². The van der Waals surface area contributed by atoms with Crippen molar-refractivity contribution >= 4 is 39.2 Å². The smallest absolute Gasteiger partial charge is 0.369 e. The zero-order valence-electron chi connectivity index (χ0n) is 11.7. The minimum atomic E-state index is -2.70. The molecule has 5 heteroatoms. The zero-order chi connectivity index (χ0) is 13.9. The predicted molar refractivity (Wildman–Crippen MR) is 86.0 cm³/mol. The molecule has 18 heavy (non-hydrogen) atoms. The number of hydrogen-bond donors (Lipinski definition) is 0. The summed E-state index contributed by atoms with van der Waals surface area (Å²) in [5.74, 6) is 0. The summed E-state index contributed by atoms with van der Waals surface area (Å²) < 4.78 is 5.53. The molecule has 1 atom stereocenters. The van der Waals surface area contributed by atoms with Crippen molar-refractivity contribution in [3.8, 4) is 0 Å². The first-order chi connectivity index (χ1) is 8.52. The van der Waals surface area contributed by atoms with Gasteiger partial charge in [-0.15, -0.1) is 33.2 Å². The van der Waals surface area contributed by atoms with Crippen LogP contribution in [0.2, 0.25) is 0 Å². The van der Waals surface area contributed by atoms with Crippen LogP contribution in [0.4, 0.5) is 0 Å². The van der Waals surface area contributed by atoms with Gasteiger partial charge in [0.15, 0.2) is 0 Å². The summed E-state index contributed by atoms with van der Waals surface area (Å²) in [5, 5.41) is 0. The van der Waals surface area contributed by atoms with Gasteiger partial charge in [0.1, 0.15) is 0 Å². The van der Waals surface area contributed by atoms with Crippen molar-refractivity contribution in [1.29, 1.82) is 0 Å². The van der Waals surface area contributed by atoms with E-state index in [1.165, 1.54) is 44.9 Å². The highest BCUT2D eigenvalue weighted by Gasteiger charge is 2.37. The summed E-state index contributed by atoms with van der Waals surface area (Å²) in [6.45, 7) is 4.82. The molecule has 0 rings (SSSR count). The van der Waals surface area contributed by atoms with E-state index in [-0.39, 0.29) is 5.73 Å². The second-order valence-electron chi connectivity index (χ2n) is 4.75. The largest absolute Gasteiger partial charge is 0.378 e. The molecule has 0 aliphatic heterocycles. The molecule has 0 spiro atoms. The molecule has 0 saturated heterocycles. The van der Waals surface area contributed by atoms with Gasteiger partial charge in [0.05, 0.1) is 5.73 Å². The van der Waals surface area contributed by atoms with E-state index >= 15 is 0 Å². The lowest BCUT2D eigenvalue weighted by Crippen LogP contribution is -2.34. The standard InChI is InChI=1S/C13H27Cl3OSi/c1-3-5-6-7-8-9-10-11-12-13(17-4-2)18(14,15)16/h13H,3-12H2,1-2H3. The van der Waals surface area contributed by atoms with Gasteiger partial charge in [0.25, 0.3) is 0 Å². The Labute approximate surface area is 128 Å². The Morgan fingerprint density at radius 1 is 0.833 bits per heavy atom. The van der Waals surface area contributed by atoms with E-state index < -0.39 is 6.00 Å². The highest BCUT2D eigenvalue weighted by atomic mass is 35.8. The van der Waals surface area contributed by atoms with Gasteiger partial charge in [0, 0.05) is 6.61 Å². The Hall–Kier alpha value is 1.05. The summed E-state index contributed by atoms with van der Waals surface area (Å²) in [4.78, 5) is 0. The Balaban J connectivity index is 3.50. The van der Waals surface area contributed by atoms with Crippen molar-refractivity contribution in [2.45, 2.75) is 77.4 Å². The molecule has 0 saturated carbocycles. The van der Waals surface area contributed by atoms with Gasteiger partial charge in [-0.25, -0.2) is 0 Å². The highest BCUT2D eigenvalue weighted by molar-refractivity contribution is 7.65. The number of ether oxygens (including phenoxy) is 1. The molecule has 0 aliphatic rings. The molecule has 0 aromatic heterocycles.